The Hall–Kier alpha value is -3.15. The summed E-state index contributed by atoms with van der Waals surface area (Å²) in [7, 11) is 0. The van der Waals surface area contributed by atoms with Crippen LogP contribution in [0.4, 0.5) is 0 Å². The average Bonchev–Trinajstić information content (AvgIpc) is 3.04. The Morgan fingerprint density at radius 1 is 1.10 bits per heavy atom. The number of hydrogen-bond acceptors (Lipinski definition) is 4. The van der Waals surface area contributed by atoms with Crippen LogP contribution in [0.25, 0.3) is 10.9 Å². The molecule has 6 heteroatoms. The van der Waals surface area contributed by atoms with Gasteiger partial charge < -0.3 is 10.1 Å². The maximum absolute atomic E-state index is 13.0. The summed E-state index contributed by atoms with van der Waals surface area (Å²) in [5.74, 6) is 1.23. The summed E-state index contributed by atoms with van der Waals surface area (Å²) in [6.45, 7) is 0.636. The molecule has 1 amide bonds. The normalized spacial score (nSPS) is 18.0. The fourth-order valence-corrected chi connectivity index (χ4v) is 4.78. The molecule has 160 valence electrons. The van der Waals surface area contributed by atoms with E-state index in [2.05, 4.69) is 17.4 Å². The number of benzene rings is 2. The van der Waals surface area contributed by atoms with Gasteiger partial charge in [0.1, 0.15) is 11.6 Å². The molecule has 6 nitrogen and oxygen atoms in total. The summed E-state index contributed by atoms with van der Waals surface area (Å²) in [5, 5.41) is 3.65. The average molecular weight is 418 g/mol. The van der Waals surface area contributed by atoms with Crippen molar-refractivity contribution >= 4 is 16.8 Å². The largest absolute Gasteiger partial charge is 0.484 e. The lowest BCUT2D eigenvalue weighted by atomic mass is 9.88. The number of aryl methyl sites for hydroxylation is 2. The Bertz CT molecular complexity index is 1180. The molecule has 1 atom stereocenters. The third kappa shape index (κ3) is 4.07. The van der Waals surface area contributed by atoms with Gasteiger partial charge in [-0.1, -0.05) is 30.7 Å². The first-order valence-electron chi connectivity index (χ1n) is 11.2. The van der Waals surface area contributed by atoms with Gasteiger partial charge in [0.05, 0.1) is 16.9 Å². The van der Waals surface area contributed by atoms with Crippen molar-refractivity contribution in [2.75, 3.05) is 6.61 Å². The van der Waals surface area contributed by atoms with Crippen LogP contribution >= 0.6 is 0 Å². The summed E-state index contributed by atoms with van der Waals surface area (Å²) >= 11 is 0. The highest BCUT2D eigenvalue weighted by Crippen LogP contribution is 2.29. The number of aromatic nitrogens is 2. The SMILES string of the molecule is O=C(COc1ccc2nc3n(c(=O)c2c1)CCCCC3)N[C@@H]1CCCc2ccccc21. The summed E-state index contributed by atoms with van der Waals surface area (Å²) in [6.07, 6.45) is 7.09. The van der Waals surface area contributed by atoms with Gasteiger partial charge in [0.25, 0.3) is 11.5 Å². The number of ether oxygens (including phenoxy) is 1. The quantitative estimate of drug-likeness (QED) is 0.703. The predicted molar refractivity (Wildman–Crippen MR) is 119 cm³/mol. The van der Waals surface area contributed by atoms with Crippen molar-refractivity contribution in [3.05, 3.63) is 69.8 Å². The Kier molecular flexibility index (Phi) is 5.45. The zero-order valence-electron chi connectivity index (χ0n) is 17.6. The highest BCUT2D eigenvalue weighted by molar-refractivity contribution is 5.80. The van der Waals surface area contributed by atoms with Crippen molar-refractivity contribution in [1.29, 1.82) is 0 Å². The lowest BCUT2D eigenvalue weighted by Crippen LogP contribution is -2.34. The number of amides is 1. The molecular formula is C25H27N3O3. The lowest BCUT2D eigenvalue weighted by molar-refractivity contribution is -0.123. The second-order valence-corrected chi connectivity index (χ2v) is 8.47. The summed E-state index contributed by atoms with van der Waals surface area (Å²) in [5.41, 5.74) is 3.18. The second-order valence-electron chi connectivity index (χ2n) is 8.47. The van der Waals surface area contributed by atoms with Gasteiger partial charge in [-0.3, -0.25) is 14.2 Å². The molecule has 0 radical (unpaired) electrons. The molecule has 31 heavy (non-hydrogen) atoms. The molecule has 2 aromatic carbocycles. The van der Waals surface area contributed by atoms with E-state index in [0.29, 0.717) is 23.2 Å². The van der Waals surface area contributed by atoms with Gasteiger partial charge in [-0.15, -0.1) is 0 Å². The van der Waals surface area contributed by atoms with E-state index in [1.807, 2.05) is 18.2 Å². The summed E-state index contributed by atoms with van der Waals surface area (Å²) in [4.78, 5) is 30.2. The third-order valence-corrected chi connectivity index (χ3v) is 6.36. The van der Waals surface area contributed by atoms with E-state index in [1.165, 1.54) is 11.1 Å². The Balaban J connectivity index is 1.29. The molecule has 2 aliphatic rings. The fourth-order valence-electron chi connectivity index (χ4n) is 4.78. The van der Waals surface area contributed by atoms with E-state index < -0.39 is 0 Å². The zero-order valence-corrected chi connectivity index (χ0v) is 17.6. The van der Waals surface area contributed by atoms with E-state index in [4.69, 9.17) is 9.72 Å². The van der Waals surface area contributed by atoms with Crippen LogP contribution in [0.1, 0.15) is 55.1 Å². The number of nitrogens with one attached hydrogen (secondary N) is 1. The zero-order chi connectivity index (χ0) is 21.2. The Morgan fingerprint density at radius 3 is 2.94 bits per heavy atom. The van der Waals surface area contributed by atoms with E-state index in [9.17, 15) is 9.59 Å². The topological polar surface area (TPSA) is 73.2 Å². The van der Waals surface area contributed by atoms with Crippen LogP contribution in [0.15, 0.2) is 47.3 Å². The fraction of sp³-hybridized carbons (Fsp3) is 0.400. The molecule has 3 aromatic rings. The van der Waals surface area contributed by atoms with Crippen molar-refractivity contribution in [3.8, 4) is 5.75 Å². The summed E-state index contributed by atoms with van der Waals surface area (Å²) < 4.78 is 7.54. The first kappa shape index (κ1) is 19.8. The first-order valence-corrected chi connectivity index (χ1v) is 11.2. The van der Waals surface area contributed by atoms with Crippen LogP contribution in [0.5, 0.6) is 5.75 Å². The molecule has 1 aliphatic carbocycles. The van der Waals surface area contributed by atoms with Crippen LogP contribution in [0.2, 0.25) is 0 Å². The van der Waals surface area contributed by atoms with Crippen molar-refractivity contribution in [2.24, 2.45) is 0 Å². The Labute approximate surface area is 181 Å². The molecule has 0 bridgehead atoms. The molecule has 5 rings (SSSR count). The van der Waals surface area contributed by atoms with E-state index in [-0.39, 0.29) is 24.1 Å². The van der Waals surface area contributed by atoms with Crippen LogP contribution in [-0.2, 0) is 24.2 Å². The smallest absolute Gasteiger partial charge is 0.261 e. The monoisotopic (exact) mass is 417 g/mol. The number of rotatable bonds is 4. The van der Waals surface area contributed by atoms with Gasteiger partial charge in [-0.25, -0.2) is 4.98 Å². The highest BCUT2D eigenvalue weighted by Gasteiger charge is 2.21. The number of carbonyl (C=O) groups is 1. The summed E-state index contributed by atoms with van der Waals surface area (Å²) in [6, 6.07) is 13.6. The van der Waals surface area contributed by atoms with Crippen LogP contribution in [0, 0.1) is 0 Å². The molecular weight excluding hydrogens is 390 g/mol. The molecule has 0 saturated carbocycles. The lowest BCUT2D eigenvalue weighted by Gasteiger charge is -2.26. The molecule has 0 spiro atoms. The maximum Gasteiger partial charge on any atom is 0.261 e. The molecule has 0 saturated heterocycles. The molecule has 1 aliphatic heterocycles. The number of carbonyl (C=O) groups excluding carboxylic acids is 1. The van der Waals surface area contributed by atoms with Crippen molar-refractivity contribution in [3.63, 3.8) is 0 Å². The van der Waals surface area contributed by atoms with E-state index >= 15 is 0 Å². The second kappa shape index (κ2) is 8.53. The molecule has 0 unspecified atom stereocenters. The first-order chi connectivity index (χ1) is 15.2. The van der Waals surface area contributed by atoms with Gasteiger partial charge in [-0.05, 0) is 61.4 Å². The molecule has 2 heterocycles. The molecule has 1 aromatic heterocycles. The van der Waals surface area contributed by atoms with Crippen molar-refractivity contribution in [1.82, 2.24) is 14.9 Å². The maximum atomic E-state index is 13.0. The van der Waals surface area contributed by atoms with Gasteiger partial charge in [0.2, 0.25) is 0 Å². The van der Waals surface area contributed by atoms with Gasteiger partial charge in [0, 0.05) is 13.0 Å². The number of nitrogens with zero attached hydrogens (tertiary/aromatic N) is 2. The van der Waals surface area contributed by atoms with Crippen molar-refractivity contribution in [2.45, 2.75) is 57.5 Å². The van der Waals surface area contributed by atoms with E-state index in [1.54, 1.807) is 16.7 Å². The van der Waals surface area contributed by atoms with Crippen molar-refractivity contribution < 1.29 is 9.53 Å². The standard InChI is InChI=1S/C25H27N3O3/c29-24(27-21-10-6-8-17-7-3-4-9-19(17)21)16-31-18-12-13-22-20(15-18)25(30)28-14-5-1-2-11-23(28)26-22/h3-4,7,9,12-13,15,21H,1-2,5-6,8,10-11,14,16H2,(H,27,29)/t21-/m1/s1. The number of fused-ring (bicyclic) bond motifs is 3. The Morgan fingerprint density at radius 2 is 2.00 bits per heavy atom. The highest BCUT2D eigenvalue weighted by atomic mass is 16.5. The van der Waals surface area contributed by atoms with Crippen LogP contribution in [0.3, 0.4) is 0 Å². The molecule has 1 N–H and O–H groups in total. The minimum Gasteiger partial charge on any atom is -0.484 e. The minimum atomic E-state index is -0.154. The van der Waals surface area contributed by atoms with Gasteiger partial charge in [0.15, 0.2) is 6.61 Å². The number of hydrogen-bond donors (Lipinski definition) is 1. The molecule has 0 fully saturated rings. The van der Waals surface area contributed by atoms with Gasteiger partial charge >= 0.3 is 0 Å². The van der Waals surface area contributed by atoms with E-state index in [0.717, 1.165) is 50.8 Å². The third-order valence-electron chi connectivity index (χ3n) is 6.36. The van der Waals surface area contributed by atoms with Crippen LogP contribution in [-0.4, -0.2) is 22.1 Å². The minimum absolute atomic E-state index is 0.0179. The van der Waals surface area contributed by atoms with Crippen LogP contribution < -0.4 is 15.6 Å². The van der Waals surface area contributed by atoms with Gasteiger partial charge in [-0.2, -0.15) is 0 Å². The predicted octanol–water partition coefficient (Wildman–Crippen LogP) is 3.70.